The van der Waals surface area contributed by atoms with Crippen molar-refractivity contribution in [3.63, 3.8) is 0 Å². The standard InChI is InChI=1S/C8H16N2O5S/c1-2-9-16(13,14)10-3-4-15-7(6-10)5-8(11)12/h7,9H,2-6H2,1H3,(H,11,12). The predicted molar refractivity (Wildman–Crippen MR) is 56.2 cm³/mol. The van der Waals surface area contributed by atoms with Crippen LogP contribution in [0.1, 0.15) is 13.3 Å². The molecule has 1 aliphatic rings. The maximum atomic E-state index is 11.6. The van der Waals surface area contributed by atoms with Crippen molar-refractivity contribution >= 4 is 16.2 Å². The first-order valence-corrected chi connectivity index (χ1v) is 6.48. The Balaban J connectivity index is 2.59. The van der Waals surface area contributed by atoms with E-state index in [-0.39, 0.29) is 26.1 Å². The van der Waals surface area contributed by atoms with Crippen molar-refractivity contribution in [3.05, 3.63) is 0 Å². The normalized spacial score (nSPS) is 23.2. The Morgan fingerprint density at radius 3 is 2.88 bits per heavy atom. The summed E-state index contributed by atoms with van der Waals surface area (Å²) in [6, 6.07) is 0. The number of carboxylic acid groups (broad SMARTS) is 1. The van der Waals surface area contributed by atoms with Crippen molar-refractivity contribution in [2.24, 2.45) is 0 Å². The molecule has 0 amide bonds. The lowest BCUT2D eigenvalue weighted by Gasteiger charge is -2.31. The van der Waals surface area contributed by atoms with Crippen LogP contribution in [0.4, 0.5) is 0 Å². The fourth-order valence-electron chi connectivity index (χ4n) is 1.50. The van der Waals surface area contributed by atoms with Gasteiger partial charge in [-0.25, -0.2) is 4.72 Å². The Kier molecular flexibility index (Phi) is 4.66. The van der Waals surface area contributed by atoms with E-state index in [0.717, 1.165) is 0 Å². The van der Waals surface area contributed by atoms with Gasteiger partial charge >= 0.3 is 5.97 Å². The molecule has 1 aliphatic heterocycles. The Labute approximate surface area is 94.6 Å². The maximum Gasteiger partial charge on any atom is 0.306 e. The van der Waals surface area contributed by atoms with Crippen LogP contribution in [0.25, 0.3) is 0 Å². The van der Waals surface area contributed by atoms with E-state index in [1.807, 2.05) is 0 Å². The van der Waals surface area contributed by atoms with E-state index in [2.05, 4.69) is 4.72 Å². The minimum atomic E-state index is -3.49. The van der Waals surface area contributed by atoms with Crippen LogP contribution in [0, 0.1) is 0 Å². The van der Waals surface area contributed by atoms with Gasteiger partial charge in [-0.1, -0.05) is 6.92 Å². The lowest BCUT2D eigenvalue weighted by Crippen LogP contribution is -2.50. The summed E-state index contributed by atoms with van der Waals surface area (Å²) in [5.41, 5.74) is 0. The number of hydrogen-bond acceptors (Lipinski definition) is 4. The Morgan fingerprint density at radius 2 is 2.31 bits per heavy atom. The summed E-state index contributed by atoms with van der Waals surface area (Å²) >= 11 is 0. The Morgan fingerprint density at radius 1 is 1.62 bits per heavy atom. The van der Waals surface area contributed by atoms with Crippen molar-refractivity contribution < 1.29 is 23.1 Å². The Bertz CT molecular complexity index is 342. The highest BCUT2D eigenvalue weighted by Gasteiger charge is 2.29. The van der Waals surface area contributed by atoms with Gasteiger partial charge in [0.25, 0.3) is 10.2 Å². The van der Waals surface area contributed by atoms with E-state index in [9.17, 15) is 13.2 Å². The van der Waals surface area contributed by atoms with Gasteiger partial charge in [-0.2, -0.15) is 12.7 Å². The average molecular weight is 252 g/mol. The van der Waals surface area contributed by atoms with E-state index >= 15 is 0 Å². The highest BCUT2D eigenvalue weighted by Crippen LogP contribution is 2.11. The molecule has 0 radical (unpaired) electrons. The lowest BCUT2D eigenvalue weighted by atomic mass is 10.2. The topological polar surface area (TPSA) is 95.9 Å². The molecule has 1 unspecified atom stereocenters. The summed E-state index contributed by atoms with van der Waals surface area (Å²) in [6.07, 6.45) is -0.752. The first-order valence-electron chi connectivity index (χ1n) is 5.04. The number of aliphatic carboxylic acids is 1. The molecule has 1 rings (SSSR count). The number of rotatable bonds is 5. The first-order chi connectivity index (χ1) is 7.45. The number of carbonyl (C=O) groups is 1. The third kappa shape index (κ3) is 3.71. The molecule has 1 atom stereocenters. The number of hydrogen-bond donors (Lipinski definition) is 2. The van der Waals surface area contributed by atoms with Gasteiger partial charge in [0.05, 0.1) is 19.1 Å². The van der Waals surface area contributed by atoms with Gasteiger partial charge < -0.3 is 9.84 Å². The molecule has 7 nitrogen and oxygen atoms in total. The van der Waals surface area contributed by atoms with Crippen LogP contribution in [0.5, 0.6) is 0 Å². The molecule has 1 saturated heterocycles. The molecular weight excluding hydrogens is 236 g/mol. The minimum absolute atomic E-state index is 0.0850. The smallest absolute Gasteiger partial charge is 0.306 e. The average Bonchev–Trinajstić information content (AvgIpc) is 2.17. The van der Waals surface area contributed by atoms with Crippen LogP contribution in [0.15, 0.2) is 0 Å². The van der Waals surface area contributed by atoms with Crippen LogP contribution in [-0.4, -0.2) is 56.1 Å². The number of ether oxygens (including phenoxy) is 1. The molecule has 0 aliphatic carbocycles. The van der Waals surface area contributed by atoms with Gasteiger partial charge in [0.1, 0.15) is 0 Å². The van der Waals surface area contributed by atoms with Crippen LogP contribution in [-0.2, 0) is 19.7 Å². The van der Waals surface area contributed by atoms with Gasteiger partial charge in [-0.15, -0.1) is 0 Å². The van der Waals surface area contributed by atoms with Gasteiger partial charge in [0.15, 0.2) is 0 Å². The molecule has 0 saturated carbocycles. The van der Waals surface area contributed by atoms with Gasteiger partial charge in [-0.05, 0) is 0 Å². The molecule has 8 heteroatoms. The molecule has 0 aromatic heterocycles. The fraction of sp³-hybridized carbons (Fsp3) is 0.875. The predicted octanol–water partition coefficient (Wildman–Crippen LogP) is -0.984. The third-order valence-corrected chi connectivity index (χ3v) is 3.84. The molecule has 2 N–H and O–H groups in total. The summed E-state index contributed by atoms with van der Waals surface area (Å²) in [6.45, 7) is 2.56. The zero-order valence-corrected chi connectivity index (χ0v) is 9.87. The summed E-state index contributed by atoms with van der Waals surface area (Å²) in [7, 11) is -3.49. The van der Waals surface area contributed by atoms with E-state index < -0.39 is 22.3 Å². The van der Waals surface area contributed by atoms with Crippen LogP contribution >= 0.6 is 0 Å². The number of nitrogens with one attached hydrogen (secondary N) is 1. The van der Waals surface area contributed by atoms with Crippen molar-refractivity contribution in [1.29, 1.82) is 0 Å². The highest BCUT2D eigenvalue weighted by atomic mass is 32.2. The van der Waals surface area contributed by atoms with E-state index in [0.29, 0.717) is 6.54 Å². The minimum Gasteiger partial charge on any atom is -0.481 e. The number of morpholine rings is 1. The lowest BCUT2D eigenvalue weighted by molar-refractivity contribution is -0.141. The zero-order chi connectivity index (χ0) is 12.2. The summed E-state index contributed by atoms with van der Waals surface area (Å²) < 4.78 is 32.0. The molecule has 0 bridgehead atoms. The second kappa shape index (κ2) is 5.58. The van der Waals surface area contributed by atoms with Crippen molar-refractivity contribution in [1.82, 2.24) is 9.03 Å². The van der Waals surface area contributed by atoms with Gasteiger partial charge in [0.2, 0.25) is 0 Å². The summed E-state index contributed by atoms with van der Waals surface area (Å²) in [5, 5.41) is 8.59. The van der Waals surface area contributed by atoms with Crippen molar-refractivity contribution in [2.75, 3.05) is 26.2 Å². The summed E-state index contributed by atoms with van der Waals surface area (Å²) in [4.78, 5) is 10.5. The largest absolute Gasteiger partial charge is 0.481 e. The van der Waals surface area contributed by atoms with Gasteiger partial charge in [0, 0.05) is 19.6 Å². The second-order valence-electron chi connectivity index (χ2n) is 3.45. The molecule has 0 aromatic carbocycles. The van der Waals surface area contributed by atoms with Crippen molar-refractivity contribution in [2.45, 2.75) is 19.4 Å². The summed E-state index contributed by atoms with van der Waals surface area (Å²) in [5.74, 6) is -0.993. The zero-order valence-electron chi connectivity index (χ0n) is 9.05. The second-order valence-corrected chi connectivity index (χ2v) is 5.21. The quantitative estimate of drug-likeness (QED) is 0.655. The number of carboxylic acids is 1. The molecule has 0 spiro atoms. The molecule has 94 valence electrons. The molecule has 1 fully saturated rings. The van der Waals surface area contributed by atoms with Crippen LogP contribution in [0.2, 0.25) is 0 Å². The van der Waals surface area contributed by atoms with Gasteiger partial charge in [-0.3, -0.25) is 4.79 Å². The molecule has 1 heterocycles. The monoisotopic (exact) mass is 252 g/mol. The third-order valence-electron chi connectivity index (χ3n) is 2.17. The molecule has 16 heavy (non-hydrogen) atoms. The van der Waals surface area contributed by atoms with Crippen LogP contribution < -0.4 is 4.72 Å². The first kappa shape index (κ1) is 13.4. The highest BCUT2D eigenvalue weighted by molar-refractivity contribution is 7.87. The number of nitrogens with zero attached hydrogens (tertiary/aromatic N) is 1. The molecular formula is C8H16N2O5S. The van der Waals surface area contributed by atoms with Crippen LogP contribution in [0.3, 0.4) is 0 Å². The van der Waals surface area contributed by atoms with Crippen molar-refractivity contribution in [3.8, 4) is 0 Å². The van der Waals surface area contributed by atoms with E-state index in [4.69, 9.17) is 9.84 Å². The Hall–Kier alpha value is -0.700. The fourth-order valence-corrected chi connectivity index (χ4v) is 2.73. The molecule has 0 aromatic rings. The van der Waals surface area contributed by atoms with E-state index in [1.165, 1.54) is 4.31 Å². The SMILES string of the molecule is CCNS(=O)(=O)N1CCOC(CC(=O)O)C1. The van der Waals surface area contributed by atoms with E-state index in [1.54, 1.807) is 6.92 Å². The maximum absolute atomic E-state index is 11.6.